The first-order valence-corrected chi connectivity index (χ1v) is 12.7. The van der Waals surface area contributed by atoms with Crippen LogP contribution >= 0.6 is 11.8 Å². The summed E-state index contributed by atoms with van der Waals surface area (Å²) in [5.41, 5.74) is 2.62. The van der Waals surface area contributed by atoms with E-state index >= 15 is 0 Å². The van der Waals surface area contributed by atoms with Gasteiger partial charge in [-0.1, -0.05) is 35.5 Å². The Hall–Kier alpha value is -3.59. The Morgan fingerprint density at radius 3 is 2.71 bits per heavy atom. The molecule has 9 heteroatoms. The molecule has 2 aromatic carbocycles. The highest BCUT2D eigenvalue weighted by molar-refractivity contribution is 7.99. The van der Waals surface area contributed by atoms with E-state index < -0.39 is 0 Å². The van der Waals surface area contributed by atoms with Crippen LogP contribution in [0.4, 0.5) is 0 Å². The van der Waals surface area contributed by atoms with Crippen LogP contribution in [-0.2, 0) is 4.79 Å². The van der Waals surface area contributed by atoms with Crippen LogP contribution in [0.25, 0.3) is 22.4 Å². The van der Waals surface area contributed by atoms with E-state index in [1.54, 1.807) is 25.3 Å². The lowest BCUT2D eigenvalue weighted by atomic mass is 9.97. The molecule has 0 radical (unpaired) electrons. The predicted octanol–water partition coefficient (Wildman–Crippen LogP) is 4.14. The van der Waals surface area contributed by atoms with Gasteiger partial charge in [0.25, 0.3) is 5.56 Å². The number of para-hydroxylation sites is 1. The Bertz CT molecular complexity index is 1460. The molecule has 4 aromatic rings. The van der Waals surface area contributed by atoms with Crippen LogP contribution in [0.5, 0.6) is 5.75 Å². The van der Waals surface area contributed by atoms with E-state index in [1.807, 2.05) is 34.7 Å². The maximum absolute atomic E-state index is 13.4. The van der Waals surface area contributed by atoms with Crippen molar-refractivity contribution in [3.63, 3.8) is 0 Å². The van der Waals surface area contributed by atoms with Crippen LogP contribution in [0.2, 0.25) is 0 Å². The zero-order valence-corrected chi connectivity index (χ0v) is 20.4. The summed E-state index contributed by atoms with van der Waals surface area (Å²) in [5.74, 6) is 1.26. The Labute approximate surface area is 207 Å². The molecule has 0 saturated heterocycles. The minimum Gasteiger partial charge on any atom is -0.497 e. The summed E-state index contributed by atoms with van der Waals surface area (Å²) in [4.78, 5) is 25.9. The number of carbonyl (C=O) groups is 1. The second-order valence-electron chi connectivity index (χ2n) is 8.47. The number of hydrogen-bond donors (Lipinski definition) is 1. The number of fused-ring (bicyclic) bond motifs is 3. The van der Waals surface area contributed by atoms with Crippen molar-refractivity contribution < 1.29 is 9.53 Å². The minimum atomic E-state index is -0.183. The molecule has 1 amide bonds. The third-order valence-corrected chi connectivity index (χ3v) is 7.14. The highest BCUT2D eigenvalue weighted by Gasteiger charge is 2.18. The van der Waals surface area contributed by atoms with Crippen LogP contribution in [-0.4, -0.2) is 44.5 Å². The van der Waals surface area contributed by atoms with Crippen LogP contribution in [0.15, 0.2) is 70.1 Å². The van der Waals surface area contributed by atoms with Crippen molar-refractivity contribution in [2.75, 3.05) is 19.4 Å². The van der Waals surface area contributed by atoms with E-state index in [1.165, 1.54) is 34.7 Å². The number of rotatable bonds is 8. The third-order valence-electron chi connectivity index (χ3n) is 6.21. The maximum Gasteiger partial charge on any atom is 0.267 e. The van der Waals surface area contributed by atoms with Crippen LogP contribution in [0, 0.1) is 0 Å². The van der Waals surface area contributed by atoms with Gasteiger partial charge >= 0.3 is 0 Å². The first-order valence-electron chi connectivity index (χ1n) is 11.8. The Balaban J connectivity index is 1.41. The van der Waals surface area contributed by atoms with E-state index in [-0.39, 0.29) is 17.2 Å². The van der Waals surface area contributed by atoms with E-state index in [2.05, 4.69) is 21.6 Å². The highest BCUT2D eigenvalue weighted by Crippen LogP contribution is 2.24. The normalized spacial score (nSPS) is 13.7. The highest BCUT2D eigenvalue weighted by atomic mass is 32.2. The molecule has 0 unspecified atom stereocenters. The van der Waals surface area contributed by atoms with Gasteiger partial charge in [0.15, 0.2) is 5.16 Å². The molecule has 5 rings (SSSR count). The summed E-state index contributed by atoms with van der Waals surface area (Å²) in [6.07, 6.45) is 8.00. The van der Waals surface area contributed by atoms with Crippen molar-refractivity contribution in [1.29, 1.82) is 0 Å². The van der Waals surface area contributed by atoms with Crippen molar-refractivity contribution in [1.82, 2.24) is 24.5 Å². The molecule has 0 spiro atoms. The van der Waals surface area contributed by atoms with Crippen LogP contribution < -0.4 is 15.6 Å². The van der Waals surface area contributed by atoms with E-state index in [9.17, 15) is 9.59 Å². The number of thioether (sulfide) groups is 1. The van der Waals surface area contributed by atoms with Gasteiger partial charge in [0.2, 0.25) is 11.7 Å². The van der Waals surface area contributed by atoms with Gasteiger partial charge in [0.05, 0.1) is 29.5 Å². The fourth-order valence-electron chi connectivity index (χ4n) is 4.41. The molecule has 35 heavy (non-hydrogen) atoms. The molecule has 1 aliphatic carbocycles. The van der Waals surface area contributed by atoms with Crippen molar-refractivity contribution in [2.45, 2.75) is 37.3 Å². The van der Waals surface area contributed by atoms with Gasteiger partial charge in [-0.2, -0.15) is 0 Å². The molecular weight excluding hydrogens is 462 g/mol. The summed E-state index contributed by atoms with van der Waals surface area (Å²) in [5, 5.41) is 12.8. The minimum absolute atomic E-state index is 0.0454. The largest absolute Gasteiger partial charge is 0.497 e. The zero-order valence-electron chi connectivity index (χ0n) is 19.6. The summed E-state index contributed by atoms with van der Waals surface area (Å²) in [6, 6.07) is 14.6. The number of methoxy groups -OCH3 is 1. The number of ether oxygens (including phenoxy) is 1. The molecule has 0 aliphatic heterocycles. The van der Waals surface area contributed by atoms with Gasteiger partial charge < -0.3 is 10.1 Å². The molecule has 0 fully saturated rings. The van der Waals surface area contributed by atoms with E-state index in [0.717, 1.165) is 19.3 Å². The lowest BCUT2D eigenvalue weighted by Gasteiger charge is -2.13. The molecule has 0 bridgehead atoms. The zero-order chi connectivity index (χ0) is 24.2. The van der Waals surface area contributed by atoms with Crippen molar-refractivity contribution in [2.24, 2.45) is 0 Å². The number of allylic oxidation sites excluding steroid dienone is 1. The first kappa shape index (κ1) is 23.2. The van der Waals surface area contributed by atoms with Gasteiger partial charge in [-0.15, -0.1) is 10.2 Å². The van der Waals surface area contributed by atoms with Gasteiger partial charge in [-0.25, -0.2) is 4.57 Å². The van der Waals surface area contributed by atoms with Crippen molar-refractivity contribution in [3.05, 3.63) is 70.5 Å². The molecule has 0 saturated carbocycles. The fourth-order valence-corrected chi connectivity index (χ4v) is 5.18. The van der Waals surface area contributed by atoms with Crippen LogP contribution in [0.3, 0.4) is 0 Å². The van der Waals surface area contributed by atoms with Gasteiger partial charge in [-0.05, 0) is 68.5 Å². The monoisotopic (exact) mass is 489 g/mol. The lowest BCUT2D eigenvalue weighted by Crippen LogP contribution is -2.26. The summed E-state index contributed by atoms with van der Waals surface area (Å²) in [7, 11) is 1.60. The molecule has 8 nitrogen and oxygen atoms in total. The number of aromatic nitrogens is 4. The molecule has 1 N–H and O–H groups in total. The smallest absolute Gasteiger partial charge is 0.267 e. The number of benzene rings is 2. The third kappa shape index (κ3) is 4.81. The number of nitrogens with zero attached hydrogens (tertiary/aromatic N) is 4. The van der Waals surface area contributed by atoms with Crippen molar-refractivity contribution >= 4 is 34.3 Å². The second kappa shape index (κ2) is 10.4. The molecule has 180 valence electrons. The number of nitrogens with one attached hydrogen (secondary N) is 1. The predicted molar refractivity (Wildman–Crippen MR) is 138 cm³/mol. The quantitative estimate of drug-likeness (QED) is 0.296. The average Bonchev–Trinajstić information content (AvgIpc) is 3.32. The number of carbonyl (C=O) groups excluding carboxylic acids is 1. The lowest BCUT2D eigenvalue weighted by molar-refractivity contribution is -0.118. The standard InChI is InChI=1S/C26H27N5O3S/c1-34-20-13-11-19(12-14-20)30-24(33)21-9-5-6-10-22(21)31-25(30)28-29-26(31)35-17-23(32)27-16-15-18-7-3-2-4-8-18/h5-7,9-14H,2-4,8,15-17H2,1H3,(H,27,32). The maximum atomic E-state index is 13.4. The molecular formula is C26H27N5O3S. The fraction of sp³-hybridized carbons (Fsp3) is 0.308. The molecule has 2 heterocycles. The Kier molecular flexibility index (Phi) is 6.85. The Morgan fingerprint density at radius 1 is 1.11 bits per heavy atom. The van der Waals surface area contributed by atoms with Crippen molar-refractivity contribution in [3.8, 4) is 11.4 Å². The number of amides is 1. The van der Waals surface area contributed by atoms with Crippen LogP contribution in [0.1, 0.15) is 32.1 Å². The average molecular weight is 490 g/mol. The SMILES string of the molecule is COc1ccc(-n2c(=O)c3ccccc3n3c(SCC(=O)NCCC4=CCCCC4)nnc23)cc1. The second-order valence-corrected chi connectivity index (χ2v) is 9.41. The molecule has 2 aromatic heterocycles. The summed E-state index contributed by atoms with van der Waals surface area (Å²) >= 11 is 1.31. The first-order chi connectivity index (χ1) is 17.2. The molecule has 1 aliphatic rings. The molecule has 0 atom stereocenters. The van der Waals surface area contributed by atoms with Gasteiger partial charge in [0, 0.05) is 6.54 Å². The summed E-state index contributed by atoms with van der Waals surface area (Å²) < 4.78 is 8.63. The summed E-state index contributed by atoms with van der Waals surface area (Å²) in [6.45, 7) is 0.645. The Morgan fingerprint density at radius 2 is 1.94 bits per heavy atom. The van der Waals surface area contributed by atoms with Gasteiger partial charge in [0.1, 0.15) is 5.75 Å². The number of hydrogen-bond acceptors (Lipinski definition) is 6. The van der Waals surface area contributed by atoms with E-state index in [0.29, 0.717) is 39.8 Å². The topological polar surface area (TPSA) is 90.5 Å². The van der Waals surface area contributed by atoms with E-state index in [4.69, 9.17) is 4.74 Å². The van der Waals surface area contributed by atoms with Gasteiger partial charge in [-0.3, -0.25) is 14.0 Å².